The Bertz CT molecular complexity index is 966. The van der Waals surface area contributed by atoms with E-state index < -0.39 is 26.5 Å². The first kappa shape index (κ1) is 25.7. The number of alkyl halides is 3. The fraction of sp³-hybridized carbons (Fsp3) is 0.0526. The molecule has 0 saturated carbocycles. The quantitative estimate of drug-likeness (QED) is 0.217. The number of halogens is 4. The van der Waals surface area contributed by atoms with Crippen LogP contribution in [0.2, 0.25) is 0 Å². The molecule has 0 saturated heterocycles. The average Bonchev–Trinajstić information content (AvgIpc) is 2.64. The molecule has 3 aromatic rings. The first-order valence-corrected chi connectivity index (χ1v) is 10.4. The van der Waals surface area contributed by atoms with Gasteiger partial charge in [0.2, 0.25) is 4.90 Å². The smallest absolute Gasteiger partial charge is 1.00 e. The minimum absolute atomic E-state index is 0. The Hall–Kier alpha value is -1.36. The van der Waals surface area contributed by atoms with Gasteiger partial charge in [-0.15, -0.1) is 0 Å². The third kappa shape index (κ3) is 7.44. The van der Waals surface area contributed by atoms with Gasteiger partial charge in [-0.05, 0) is 36.4 Å². The topological polar surface area (TPSA) is 54.4 Å². The van der Waals surface area contributed by atoms with Gasteiger partial charge in [-0.3, -0.25) is 4.55 Å². The van der Waals surface area contributed by atoms with E-state index in [1.807, 2.05) is 48.5 Å². The Morgan fingerprint density at radius 2 is 1.10 bits per heavy atom. The maximum Gasteiger partial charge on any atom is 1.00 e. The molecule has 1 N–H and O–H groups in total. The summed E-state index contributed by atoms with van der Waals surface area (Å²) in [5, 5.41) is 0. The van der Waals surface area contributed by atoms with Crippen molar-refractivity contribution < 1.29 is 61.5 Å². The Morgan fingerprint density at radius 3 is 1.45 bits per heavy atom. The normalized spacial score (nSPS) is 11.2. The van der Waals surface area contributed by atoms with E-state index in [1.165, 1.54) is 6.07 Å². The molecule has 0 aromatic heterocycles. The fourth-order valence-electron chi connectivity index (χ4n) is 2.11. The van der Waals surface area contributed by atoms with Crippen molar-refractivity contribution in [2.45, 2.75) is 20.2 Å². The molecule has 0 aliphatic carbocycles. The number of hydrogen-bond donors (Lipinski definition) is 1. The molecule has 3 aromatic carbocycles. The Morgan fingerprint density at radius 1 is 0.759 bits per heavy atom. The van der Waals surface area contributed by atoms with Gasteiger partial charge in [0.25, 0.3) is 0 Å². The van der Waals surface area contributed by atoms with Gasteiger partial charge in [-0.25, -0.2) is 4.39 Å². The van der Waals surface area contributed by atoms with Gasteiger partial charge in [0.05, 0.1) is 0 Å². The van der Waals surface area contributed by atoms with E-state index in [-0.39, 0.29) is 36.8 Å². The minimum atomic E-state index is -5.84. The van der Waals surface area contributed by atoms with Crippen LogP contribution >= 0.6 is 0 Å². The van der Waals surface area contributed by atoms with E-state index in [1.54, 1.807) is 6.07 Å². The van der Waals surface area contributed by atoms with E-state index in [9.17, 15) is 17.6 Å². The van der Waals surface area contributed by atoms with Crippen LogP contribution in [0.3, 0.4) is 0 Å². The van der Waals surface area contributed by atoms with Crippen molar-refractivity contribution in [3.8, 4) is 0 Å². The van der Waals surface area contributed by atoms with Gasteiger partial charge in [0.15, 0.2) is 15.6 Å². The standard InChI is InChI=1S/C18H14FS.CHF3O3S.Na.H/c19-17-13-7-8-14-18(17)20(15-9-3-1-4-10-15)16-11-5-2-6-12-16;2-1(3,4)8(5,6)7;;/h1-14H;(H,5,6,7);;/q+1;;+1;-1. The van der Waals surface area contributed by atoms with E-state index in [4.69, 9.17) is 13.0 Å². The monoisotopic (exact) mass is 455 g/mol. The molecule has 10 heteroatoms. The summed E-state index contributed by atoms with van der Waals surface area (Å²) in [4.78, 5) is 3.00. The van der Waals surface area contributed by atoms with Crippen molar-refractivity contribution in [1.82, 2.24) is 0 Å². The molecule has 0 aliphatic heterocycles. The summed E-state index contributed by atoms with van der Waals surface area (Å²) >= 11 is 0. The number of benzene rings is 3. The van der Waals surface area contributed by atoms with Crippen molar-refractivity contribution in [3.05, 3.63) is 90.7 Å². The van der Waals surface area contributed by atoms with Gasteiger partial charge in [0.1, 0.15) is 10.9 Å². The molecule has 0 unspecified atom stereocenters. The van der Waals surface area contributed by atoms with Crippen LogP contribution < -0.4 is 29.6 Å². The molecule has 0 radical (unpaired) electrons. The Kier molecular flexibility index (Phi) is 9.87. The van der Waals surface area contributed by atoms with E-state index in [0.717, 1.165) is 14.7 Å². The van der Waals surface area contributed by atoms with Crippen LogP contribution in [0.1, 0.15) is 1.43 Å². The largest absolute Gasteiger partial charge is 1.00 e. The second-order valence-corrected chi connectivity index (χ2v) is 8.69. The second kappa shape index (κ2) is 11.1. The molecule has 3 rings (SSSR count). The van der Waals surface area contributed by atoms with Crippen LogP contribution in [-0.2, 0) is 21.0 Å². The van der Waals surface area contributed by atoms with Crippen LogP contribution in [0.4, 0.5) is 17.6 Å². The first-order chi connectivity index (χ1) is 13.1. The zero-order valence-electron chi connectivity index (χ0n) is 16.2. The maximum atomic E-state index is 14.2. The predicted molar refractivity (Wildman–Crippen MR) is 100 cm³/mol. The van der Waals surface area contributed by atoms with Crippen molar-refractivity contribution >= 4 is 21.0 Å². The van der Waals surface area contributed by atoms with Crippen molar-refractivity contribution in [2.75, 3.05) is 0 Å². The molecule has 0 spiro atoms. The van der Waals surface area contributed by atoms with E-state index in [0.29, 0.717) is 0 Å². The van der Waals surface area contributed by atoms with Crippen molar-refractivity contribution in [1.29, 1.82) is 0 Å². The molecular formula is C19H16F4NaO3S2+. The van der Waals surface area contributed by atoms with Crippen LogP contribution in [0.15, 0.2) is 99.6 Å². The molecule has 3 nitrogen and oxygen atoms in total. The Labute approximate surface area is 192 Å². The first-order valence-electron chi connectivity index (χ1n) is 7.74. The molecule has 0 atom stereocenters. The molecule has 0 fully saturated rings. The van der Waals surface area contributed by atoms with Crippen LogP contribution in [0, 0.1) is 5.82 Å². The zero-order valence-corrected chi connectivity index (χ0v) is 18.8. The van der Waals surface area contributed by atoms with Gasteiger partial charge in [0, 0.05) is 0 Å². The molecule has 0 bridgehead atoms. The SMILES string of the molecule is Fc1ccccc1[S+](c1ccccc1)c1ccccc1.O=S(=O)(O)C(F)(F)F.[H-].[Na+]. The van der Waals surface area contributed by atoms with Crippen LogP contribution in [0.25, 0.3) is 0 Å². The fourth-order valence-corrected chi connectivity index (χ4v) is 4.23. The van der Waals surface area contributed by atoms with Gasteiger partial charge < -0.3 is 1.43 Å². The van der Waals surface area contributed by atoms with Crippen molar-refractivity contribution in [2.24, 2.45) is 0 Å². The molecular weight excluding hydrogens is 439 g/mol. The van der Waals surface area contributed by atoms with Gasteiger partial charge in [-0.1, -0.05) is 48.5 Å². The van der Waals surface area contributed by atoms with Gasteiger partial charge >= 0.3 is 45.2 Å². The molecule has 0 aliphatic rings. The minimum Gasteiger partial charge on any atom is -1.00 e. The third-order valence-corrected chi connectivity index (χ3v) is 6.15. The summed E-state index contributed by atoms with van der Waals surface area (Å²) in [5.74, 6) is -0.150. The second-order valence-electron chi connectivity index (χ2n) is 5.28. The molecule has 0 heterocycles. The van der Waals surface area contributed by atoms with E-state index >= 15 is 0 Å². The number of hydrogen-bond acceptors (Lipinski definition) is 2. The summed E-state index contributed by atoms with van der Waals surface area (Å²) in [6.45, 7) is 0. The third-order valence-electron chi connectivity index (χ3n) is 3.31. The number of rotatable bonds is 3. The van der Waals surface area contributed by atoms with Crippen molar-refractivity contribution in [3.63, 3.8) is 0 Å². The molecule has 0 amide bonds. The summed E-state index contributed by atoms with van der Waals surface area (Å²) in [6, 6.07) is 27.2. The zero-order chi connectivity index (χ0) is 20.8. The summed E-state index contributed by atoms with van der Waals surface area (Å²) in [5.41, 5.74) is -5.53. The van der Waals surface area contributed by atoms with Crippen LogP contribution in [0.5, 0.6) is 0 Å². The summed E-state index contributed by atoms with van der Waals surface area (Å²) in [7, 11) is -6.24. The average molecular weight is 455 g/mol. The molecule has 29 heavy (non-hydrogen) atoms. The van der Waals surface area contributed by atoms with Gasteiger partial charge in [-0.2, -0.15) is 21.6 Å². The predicted octanol–water partition coefficient (Wildman–Crippen LogP) is 2.43. The summed E-state index contributed by atoms with van der Waals surface area (Å²) < 4.78 is 71.8. The maximum absolute atomic E-state index is 14.2. The van der Waals surface area contributed by atoms with E-state index in [2.05, 4.69) is 24.3 Å². The molecule has 150 valence electrons. The van der Waals surface area contributed by atoms with Crippen LogP contribution in [-0.4, -0.2) is 18.5 Å². The summed E-state index contributed by atoms with van der Waals surface area (Å²) in [6.07, 6.45) is 0. The Balaban J connectivity index is 0.000000730.